The van der Waals surface area contributed by atoms with Gasteiger partial charge in [-0.2, -0.15) is 4.98 Å². The van der Waals surface area contributed by atoms with Crippen molar-refractivity contribution in [3.63, 3.8) is 0 Å². The predicted octanol–water partition coefficient (Wildman–Crippen LogP) is -0.395. The molecule has 0 aliphatic heterocycles. The van der Waals surface area contributed by atoms with Crippen molar-refractivity contribution in [3.8, 4) is 0 Å². The number of carbonyl (C=O) groups excluding carboxylic acids is 2. The molecule has 0 saturated heterocycles. The molecule has 1 amide bonds. The maximum absolute atomic E-state index is 11.5. The van der Waals surface area contributed by atoms with Gasteiger partial charge in [-0.3, -0.25) is 4.79 Å². The third-order valence-corrected chi connectivity index (χ3v) is 2.52. The summed E-state index contributed by atoms with van der Waals surface area (Å²) in [6.07, 6.45) is 0.758. The maximum Gasteiger partial charge on any atom is 0.336 e. The molecule has 0 saturated carbocycles. The molecule has 0 spiro atoms. The summed E-state index contributed by atoms with van der Waals surface area (Å²) in [5.74, 6) is -0.0734. The van der Waals surface area contributed by atoms with Gasteiger partial charge in [-0.25, -0.2) is 4.79 Å². The highest BCUT2D eigenvalue weighted by Gasteiger charge is 2.16. The molecule has 0 radical (unpaired) electrons. The molecule has 0 aliphatic rings. The lowest BCUT2D eigenvalue weighted by atomic mass is 10.2. The molecular weight excluding hydrogens is 266 g/mol. The zero-order chi connectivity index (χ0) is 15.0. The van der Waals surface area contributed by atoms with Crippen molar-refractivity contribution in [2.75, 3.05) is 13.7 Å². The minimum absolute atomic E-state index is 0.141. The van der Waals surface area contributed by atoms with Crippen LogP contribution >= 0.6 is 0 Å². The van der Waals surface area contributed by atoms with Crippen LogP contribution in [-0.2, 0) is 27.2 Å². The van der Waals surface area contributed by atoms with E-state index in [1.54, 1.807) is 0 Å². The fraction of sp³-hybridized carbons (Fsp3) is 0.667. The summed E-state index contributed by atoms with van der Waals surface area (Å²) in [6, 6.07) is 0. The lowest BCUT2D eigenvalue weighted by Gasteiger charge is -2.09. The number of aliphatic hydroxyl groups is 1. The van der Waals surface area contributed by atoms with Gasteiger partial charge in [0, 0.05) is 19.3 Å². The average Bonchev–Trinajstić information content (AvgIpc) is 2.89. The van der Waals surface area contributed by atoms with Gasteiger partial charge in [-0.1, -0.05) is 12.1 Å². The predicted molar refractivity (Wildman–Crippen MR) is 67.6 cm³/mol. The van der Waals surface area contributed by atoms with E-state index in [4.69, 9.17) is 4.52 Å². The number of amides is 1. The molecule has 8 nitrogen and oxygen atoms in total. The first-order valence-electron chi connectivity index (χ1n) is 6.40. The number of esters is 1. The number of aliphatic hydroxyl groups excluding tert-OH is 1. The number of hydrogen-bond donors (Lipinski definition) is 2. The second kappa shape index (κ2) is 8.26. The SMILES string of the molecule is CCCc1noc(CCC(=O)NCC(O)C(=O)OC)n1. The molecule has 0 fully saturated rings. The van der Waals surface area contributed by atoms with E-state index in [1.165, 1.54) is 0 Å². The Morgan fingerprint density at radius 1 is 1.45 bits per heavy atom. The summed E-state index contributed by atoms with van der Waals surface area (Å²) in [6.45, 7) is 1.83. The van der Waals surface area contributed by atoms with E-state index in [2.05, 4.69) is 20.2 Å². The maximum atomic E-state index is 11.5. The quantitative estimate of drug-likeness (QED) is 0.625. The van der Waals surface area contributed by atoms with Crippen LogP contribution in [0.15, 0.2) is 4.52 Å². The van der Waals surface area contributed by atoms with Gasteiger partial charge in [-0.15, -0.1) is 0 Å². The van der Waals surface area contributed by atoms with Crippen LogP contribution in [-0.4, -0.2) is 46.9 Å². The molecule has 20 heavy (non-hydrogen) atoms. The van der Waals surface area contributed by atoms with Gasteiger partial charge in [0.15, 0.2) is 11.9 Å². The molecule has 8 heteroatoms. The van der Waals surface area contributed by atoms with Crippen molar-refractivity contribution >= 4 is 11.9 Å². The van der Waals surface area contributed by atoms with E-state index >= 15 is 0 Å². The number of methoxy groups -OCH3 is 1. The number of rotatable bonds is 8. The minimum atomic E-state index is -1.36. The van der Waals surface area contributed by atoms with Gasteiger partial charge in [0.05, 0.1) is 13.7 Å². The number of nitrogens with one attached hydrogen (secondary N) is 1. The Labute approximate surface area is 116 Å². The van der Waals surface area contributed by atoms with E-state index in [0.29, 0.717) is 18.1 Å². The fourth-order valence-corrected chi connectivity index (χ4v) is 1.46. The monoisotopic (exact) mass is 285 g/mol. The zero-order valence-corrected chi connectivity index (χ0v) is 11.6. The Bertz CT molecular complexity index is 446. The Balaban J connectivity index is 2.27. The highest BCUT2D eigenvalue weighted by atomic mass is 16.5. The van der Waals surface area contributed by atoms with Crippen molar-refractivity contribution in [3.05, 3.63) is 11.7 Å². The first-order chi connectivity index (χ1) is 9.56. The third-order valence-electron chi connectivity index (χ3n) is 2.52. The molecule has 1 rings (SSSR count). The largest absolute Gasteiger partial charge is 0.467 e. The number of carbonyl (C=O) groups is 2. The summed E-state index contributed by atoms with van der Waals surface area (Å²) in [4.78, 5) is 26.5. The van der Waals surface area contributed by atoms with Crippen molar-refractivity contribution in [2.45, 2.75) is 38.7 Å². The Kier molecular flexibility index (Phi) is 6.65. The minimum Gasteiger partial charge on any atom is -0.467 e. The van der Waals surface area contributed by atoms with E-state index < -0.39 is 12.1 Å². The average molecular weight is 285 g/mol. The molecule has 1 aromatic heterocycles. The normalized spacial score (nSPS) is 11.9. The van der Waals surface area contributed by atoms with Crippen LogP contribution in [0.1, 0.15) is 31.5 Å². The summed E-state index contributed by atoms with van der Waals surface area (Å²) >= 11 is 0. The first-order valence-corrected chi connectivity index (χ1v) is 6.40. The highest BCUT2D eigenvalue weighted by Crippen LogP contribution is 2.03. The van der Waals surface area contributed by atoms with Crippen LogP contribution in [0, 0.1) is 0 Å². The summed E-state index contributed by atoms with van der Waals surface area (Å²) in [5, 5.41) is 15.5. The van der Waals surface area contributed by atoms with Gasteiger partial charge in [0.25, 0.3) is 0 Å². The lowest BCUT2D eigenvalue weighted by Crippen LogP contribution is -2.37. The van der Waals surface area contributed by atoms with Gasteiger partial charge < -0.3 is 19.7 Å². The molecule has 1 atom stereocenters. The van der Waals surface area contributed by atoms with Crippen LogP contribution < -0.4 is 5.32 Å². The van der Waals surface area contributed by atoms with Gasteiger partial charge >= 0.3 is 5.97 Å². The Hall–Kier alpha value is -1.96. The Morgan fingerprint density at radius 2 is 2.20 bits per heavy atom. The smallest absolute Gasteiger partial charge is 0.336 e. The van der Waals surface area contributed by atoms with Gasteiger partial charge in [-0.05, 0) is 6.42 Å². The molecule has 1 aromatic rings. The van der Waals surface area contributed by atoms with Crippen LogP contribution in [0.3, 0.4) is 0 Å². The van der Waals surface area contributed by atoms with Crippen molar-refractivity contribution in [1.29, 1.82) is 0 Å². The summed E-state index contributed by atoms with van der Waals surface area (Å²) in [5.41, 5.74) is 0. The topological polar surface area (TPSA) is 115 Å². The van der Waals surface area contributed by atoms with E-state index in [0.717, 1.165) is 20.0 Å². The molecule has 0 aliphatic carbocycles. The van der Waals surface area contributed by atoms with E-state index in [1.807, 2.05) is 6.92 Å². The fourth-order valence-electron chi connectivity index (χ4n) is 1.46. The second-order valence-electron chi connectivity index (χ2n) is 4.20. The van der Waals surface area contributed by atoms with Crippen LogP contribution in [0.5, 0.6) is 0 Å². The van der Waals surface area contributed by atoms with Gasteiger partial charge in [0.1, 0.15) is 0 Å². The molecule has 1 unspecified atom stereocenters. The first kappa shape index (κ1) is 16.1. The molecule has 2 N–H and O–H groups in total. The molecular formula is C12H19N3O5. The number of ether oxygens (including phenoxy) is 1. The van der Waals surface area contributed by atoms with Crippen LogP contribution in [0.4, 0.5) is 0 Å². The molecule has 112 valence electrons. The van der Waals surface area contributed by atoms with Crippen molar-refractivity contribution in [1.82, 2.24) is 15.5 Å². The van der Waals surface area contributed by atoms with Crippen molar-refractivity contribution in [2.24, 2.45) is 0 Å². The Morgan fingerprint density at radius 3 is 2.85 bits per heavy atom. The molecule has 0 bridgehead atoms. The summed E-state index contributed by atoms with van der Waals surface area (Å²) < 4.78 is 9.31. The number of aryl methyl sites for hydroxylation is 2. The van der Waals surface area contributed by atoms with E-state index in [-0.39, 0.29) is 18.9 Å². The van der Waals surface area contributed by atoms with Crippen LogP contribution in [0.2, 0.25) is 0 Å². The molecule has 0 aromatic carbocycles. The third kappa shape index (κ3) is 5.35. The number of nitrogens with zero attached hydrogens (tertiary/aromatic N) is 2. The second-order valence-corrected chi connectivity index (χ2v) is 4.20. The highest BCUT2D eigenvalue weighted by molar-refractivity contribution is 5.78. The lowest BCUT2D eigenvalue weighted by molar-refractivity contribution is -0.150. The van der Waals surface area contributed by atoms with Crippen LogP contribution in [0.25, 0.3) is 0 Å². The summed E-state index contributed by atoms with van der Waals surface area (Å²) in [7, 11) is 1.16. The standard InChI is InChI=1S/C12H19N3O5/c1-3-4-9-14-11(20-15-9)6-5-10(17)13-7-8(16)12(18)19-2/h8,16H,3-7H2,1-2H3,(H,13,17). The zero-order valence-electron chi connectivity index (χ0n) is 11.6. The molecule has 1 heterocycles. The van der Waals surface area contributed by atoms with E-state index in [9.17, 15) is 14.7 Å². The van der Waals surface area contributed by atoms with Crippen molar-refractivity contribution < 1.29 is 24.0 Å². The number of hydrogen-bond acceptors (Lipinski definition) is 7. The van der Waals surface area contributed by atoms with Gasteiger partial charge in [0.2, 0.25) is 11.8 Å². The number of aromatic nitrogens is 2.